The van der Waals surface area contributed by atoms with E-state index in [9.17, 15) is 9.59 Å². The van der Waals surface area contributed by atoms with Crippen molar-refractivity contribution in [2.24, 2.45) is 0 Å². The molecule has 4 nitrogen and oxygen atoms in total. The Bertz CT molecular complexity index is 430. The van der Waals surface area contributed by atoms with Crippen LogP contribution in [0.3, 0.4) is 0 Å². The van der Waals surface area contributed by atoms with Crippen molar-refractivity contribution in [1.82, 2.24) is 4.90 Å². The molecule has 1 aliphatic heterocycles. The maximum absolute atomic E-state index is 11.7. The predicted octanol–water partition coefficient (Wildman–Crippen LogP) is 1.17. The van der Waals surface area contributed by atoms with Crippen molar-refractivity contribution < 1.29 is 14.3 Å². The molecule has 1 saturated heterocycles. The number of amides is 1. The van der Waals surface area contributed by atoms with Crippen LogP contribution in [0.4, 0.5) is 0 Å². The molecule has 1 aliphatic rings. The van der Waals surface area contributed by atoms with E-state index in [2.05, 4.69) is 0 Å². The van der Waals surface area contributed by atoms with Crippen LogP contribution in [0.5, 0.6) is 0 Å². The van der Waals surface area contributed by atoms with Crippen molar-refractivity contribution in [3.05, 3.63) is 35.9 Å². The molecule has 2 rings (SSSR count). The fourth-order valence-corrected chi connectivity index (χ4v) is 2.31. The van der Waals surface area contributed by atoms with Crippen LogP contribution in [-0.2, 0) is 14.3 Å². The minimum atomic E-state index is -0.505. The summed E-state index contributed by atoms with van der Waals surface area (Å²) >= 11 is 0. The number of carbonyl (C=O) groups excluding carboxylic acids is 2. The SMILES string of the molecule is COC(=O)[C@@H]1[C@H](c2ccccc2)CC(=O)N1C. The van der Waals surface area contributed by atoms with E-state index in [0.717, 1.165) is 5.56 Å². The summed E-state index contributed by atoms with van der Waals surface area (Å²) in [5, 5.41) is 0. The van der Waals surface area contributed by atoms with E-state index in [-0.39, 0.29) is 17.8 Å². The van der Waals surface area contributed by atoms with Crippen LogP contribution in [0.1, 0.15) is 17.9 Å². The number of hydrogen-bond acceptors (Lipinski definition) is 3. The van der Waals surface area contributed by atoms with Gasteiger partial charge in [-0.1, -0.05) is 30.3 Å². The number of rotatable bonds is 2. The van der Waals surface area contributed by atoms with Gasteiger partial charge < -0.3 is 9.64 Å². The highest BCUT2D eigenvalue weighted by atomic mass is 16.5. The van der Waals surface area contributed by atoms with Gasteiger partial charge in [-0.05, 0) is 5.56 Å². The Kier molecular flexibility index (Phi) is 3.13. The summed E-state index contributed by atoms with van der Waals surface area (Å²) in [6.45, 7) is 0. The summed E-state index contributed by atoms with van der Waals surface area (Å²) in [7, 11) is 2.99. The third-order valence-corrected chi connectivity index (χ3v) is 3.26. The van der Waals surface area contributed by atoms with Gasteiger partial charge in [0.2, 0.25) is 5.91 Å². The zero-order valence-corrected chi connectivity index (χ0v) is 9.92. The van der Waals surface area contributed by atoms with Gasteiger partial charge in [-0.15, -0.1) is 0 Å². The highest BCUT2D eigenvalue weighted by Gasteiger charge is 2.43. The maximum atomic E-state index is 11.7. The van der Waals surface area contributed by atoms with E-state index in [4.69, 9.17) is 4.74 Å². The molecule has 0 N–H and O–H groups in total. The molecule has 0 aliphatic carbocycles. The average molecular weight is 233 g/mol. The van der Waals surface area contributed by atoms with E-state index in [1.807, 2.05) is 30.3 Å². The molecule has 0 unspecified atom stereocenters. The Morgan fingerprint density at radius 3 is 2.59 bits per heavy atom. The van der Waals surface area contributed by atoms with E-state index in [1.165, 1.54) is 12.0 Å². The molecule has 17 heavy (non-hydrogen) atoms. The number of likely N-dealkylation sites (N-methyl/N-ethyl adjacent to an activating group) is 1. The number of ether oxygens (including phenoxy) is 1. The second-order valence-corrected chi connectivity index (χ2v) is 4.19. The maximum Gasteiger partial charge on any atom is 0.329 e. The quantitative estimate of drug-likeness (QED) is 0.720. The molecule has 2 atom stereocenters. The molecular formula is C13H15NO3. The number of benzene rings is 1. The molecular weight excluding hydrogens is 218 g/mol. The highest BCUT2D eigenvalue weighted by molar-refractivity contribution is 5.90. The molecule has 0 aromatic heterocycles. The molecule has 1 aromatic carbocycles. The average Bonchev–Trinajstić information content (AvgIpc) is 2.66. The largest absolute Gasteiger partial charge is 0.467 e. The topological polar surface area (TPSA) is 46.6 Å². The summed E-state index contributed by atoms with van der Waals surface area (Å²) < 4.78 is 4.77. The van der Waals surface area contributed by atoms with Crippen LogP contribution in [0.25, 0.3) is 0 Å². The Balaban J connectivity index is 2.33. The molecule has 1 amide bonds. The summed E-state index contributed by atoms with van der Waals surface area (Å²) in [6, 6.07) is 9.10. The summed E-state index contributed by atoms with van der Waals surface area (Å²) in [5.41, 5.74) is 1.00. The van der Waals surface area contributed by atoms with Gasteiger partial charge in [-0.2, -0.15) is 0 Å². The van der Waals surface area contributed by atoms with Crippen molar-refractivity contribution in [3.8, 4) is 0 Å². The first-order valence-electron chi connectivity index (χ1n) is 5.53. The number of methoxy groups -OCH3 is 1. The van der Waals surface area contributed by atoms with Gasteiger partial charge in [0, 0.05) is 19.4 Å². The summed E-state index contributed by atoms with van der Waals surface area (Å²) in [5.74, 6) is -0.484. The minimum Gasteiger partial charge on any atom is -0.467 e. The van der Waals surface area contributed by atoms with Crippen LogP contribution < -0.4 is 0 Å². The standard InChI is InChI=1S/C13H15NO3/c1-14-11(15)8-10(12(14)13(16)17-2)9-6-4-3-5-7-9/h3-7,10,12H,8H2,1-2H3/t10-,12-/m0/s1. The summed E-state index contributed by atoms with van der Waals surface area (Å²) in [6.07, 6.45) is 0.361. The van der Waals surface area contributed by atoms with Crippen molar-refractivity contribution in [3.63, 3.8) is 0 Å². The third kappa shape index (κ3) is 2.02. The van der Waals surface area contributed by atoms with Gasteiger partial charge >= 0.3 is 5.97 Å². The Morgan fingerprint density at radius 1 is 1.35 bits per heavy atom. The van der Waals surface area contributed by atoms with Crippen molar-refractivity contribution in [2.75, 3.05) is 14.2 Å². The van der Waals surface area contributed by atoms with Crippen LogP contribution in [-0.4, -0.2) is 37.0 Å². The Labute approximate surface area is 100 Å². The Hall–Kier alpha value is -1.84. The second kappa shape index (κ2) is 4.57. The molecule has 1 aromatic rings. The zero-order chi connectivity index (χ0) is 12.4. The third-order valence-electron chi connectivity index (χ3n) is 3.26. The van der Waals surface area contributed by atoms with Gasteiger partial charge in [0.05, 0.1) is 7.11 Å². The van der Waals surface area contributed by atoms with Gasteiger partial charge in [0.1, 0.15) is 6.04 Å². The van der Waals surface area contributed by atoms with Crippen LogP contribution in [0.15, 0.2) is 30.3 Å². The van der Waals surface area contributed by atoms with Gasteiger partial charge in [0.25, 0.3) is 0 Å². The zero-order valence-electron chi connectivity index (χ0n) is 9.92. The lowest BCUT2D eigenvalue weighted by molar-refractivity contribution is -0.148. The summed E-state index contributed by atoms with van der Waals surface area (Å²) in [4.78, 5) is 24.9. The van der Waals surface area contributed by atoms with Crippen LogP contribution in [0, 0.1) is 0 Å². The van der Waals surface area contributed by atoms with Crippen molar-refractivity contribution in [1.29, 1.82) is 0 Å². The fraction of sp³-hybridized carbons (Fsp3) is 0.385. The van der Waals surface area contributed by atoms with E-state index < -0.39 is 6.04 Å². The first-order valence-corrected chi connectivity index (χ1v) is 5.53. The smallest absolute Gasteiger partial charge is 0.329 e. The lowest BCUT2D eigenvalue weighted by atomic mass is 9.92. The molecule has 0 radical (unpaired) electrons. The first kappa shape index (κ1) is 11.6. The fourth-order valence-electron chi connectivity index (χ4n) is 2.31. The minimum absolute atomic E-state index is 0.0192. The van der Waals surface area contributed by atoms with Crippen LogP contribution in [0.2, 0.25) is 0 Å². The molecule has 90 valence electrons. The van der Waals surface area contributed by atoms with Crippen molar-refractivity contribution >= 4 is 11.9 Å². The van der Waals surface area contributed by atoms with Gasteiger partial charge in [-0.3, -0.25) is 4.79 Å². The number of nitrogens with zero attached hydrogens (tertiary/aromatic N) is 1. The monoisotopic (exact) mass is 233 g/mol. The molecule has 0 bridgehead atoms. The molecule has 0 saturated carbocycles. The van der Waals surface area contributed by atoms with E-state index in [1.54, 1.807) is 7.05 Å². The van der Waals surface area contributed by atoms with Crippen molar-refractivity contribution in [2.45, 2.75) is 18.4 Å². The lowest BCUT2D eigenvalue weighted by Gasteiger charge is -2.22. The van der Waals surface area contributed by atoms with Crippen LogP contribution >= 0.6 is 0 Å². The predicted molar refractivity (Wildman–Crippen MR) is 62.4 cm³/mol. The molecule has 4 heteroatoms. The second-order valence-electron chi connectivity index (χ2n) is 4.19. The number of carbonyl (C=O) groups is 2. The first-order chi connectivity index (χ1) is 8.15. The molecule has 0 spiro atoms. The number of hydrogen-bond donors (Lipinski definition) is 0. The highest BCUT2D eigenvalue weighted by Crippen LogP contribution is 2.33. The molecule has 1 heterocycles. The molecule has 1 fully saturated rings. The van der Waals surface area contributed by atoms with E-state index in [0.29, 0.717) is 6.42 Å². The number of esters is 1. The normalized spacial score (nSPS) is 23.9. The van der Waals surface area contributed by atoms with Gasteiger partial charge in [-0.25, -0.2) is 4.79 Å². The Morgan fingerprint density at radius 2 is 2.00 bits per heavy atom. The lowest BCUT2D eigenvalue weighted by Crippen LogP contribution is -2.38. The van der Waals surface area contributed by atoms with E-state index >= 15 is 0 Å². The van der Waals surface area contributed by atoms with Gasteiger partial charge in [0.15, 0.2) is 0 Å². The number of likely N-dealkylation sites (tertiary alicyclic amines) is 1.